The molecule has 1 saturated heterocycles. The molecule has 1 rings (SSSR count). The van der Waals surface area contributed by atoms with Crippen molar-refractivity contribution >= 4 is 11.8 Å². The number of amides is 2. The van der Waals surface area contributed by atoms with E-state index in [1.54, 1.807) is 11.8 Å². The Labute approximate surface area is 102 Å². The predicted octanol–water partition coefficient (Wildman–Crippen LogP) is 0.539. The number of rotatable bonds is 5. The van der Waals surface area contributed by atoms with Gasteiger partial charge in [0.1, 0.15) is 12.1 Å². The van der Waals surface area contributed by atoms with Gasteiger partial charge in [0.2, 0.25) is 11.8 Å². The third kappa shape index (κ3) is 3.70. The summed E-state index contributed by atoms with van der Waals surface area (Å²) in [6.45, 7) is 7.53. The van der Waals surface area contributed by atoms with Crippen LogP contribution in [0.1, 0.15) is 33.6 Å². The van der Waals surface area contributed by atoms with Crippen LogP contribution in [0.5, 0.6) is 0 Å². The number of nitrogens with zero attached hydrogens (tertiary/aromatic N) is 1. The maximum absolute atomic E-state index is 11.9. The van der Waals surface area contributed by atoms with Crippen LogP contribution in [0, 0.1) is 0 Å². The smallest absolute Gasteiger partial charge is 0.249 e. The van der Waals surface area contributed by atoms with Crippen LogP contribution in [0.15, 0.2) is 0 Å². The molecule has 0 aliphatic carbocycles. The van der Waals surface area contributed by atoms with E-state index in [4.69, 9.17) is 4.74 Å². The summed E-state index contributed by atoms with van der Waals surface area (Å²) in [5, 5.41) is 2.72. The summed E-state index contributed by atoms with van der Waals surface area (Å²) in [7, 11) is 0. The Kier molecular flexibility index (Phi) is 5.41. The third-order valence-electron chi connectivity index (χ3n) is 3.03. The Morgan fingerprint density at radius 1 is 1.41 bits per heavy atom. The van der Waals surface area contributed by atoms with E-state index < -0.39 is 6.04 Å². The molecule has 98 valence electrons. The molecule has 1 N–H and O–H groups in total. The van der Waals surface area contributed by atoms with Gasteiger partial charge in [0.25, 0.3) is 0 Å². The van der Waals surface area contributed by atoms with Crippen molar-refractivity contribution in [1.29, 1.82) is 0 Å². The lowest BCUT2D eigenvalue weighted by atomic mass is 10.2. The first kappa shape index (κ1) is 14.0. The van der Waals surface area contributed by atoms with Crippen LogP contribution in [0.25, 0.3) is 0 Å². The van der Waals surface area contributed by atoms with Crippen LogP contribution in [-0.4, -0.2) is 48.6 Å². The number of hydrogen-bond donors (Lipinski definition) is 1. The zero-order chi connectivity index (χ0) is 12.8. The molecule has 5 heteroatoms. The zero-order valence-corrected chi connectivity index (χ0v) is 10.9. The van der Waals surface area contributed by atoms with Gasteiger partial charge in [0.05, 0.1) is 0 Å². The fourth-order valence-corrected chi connectivity index (χ4v) is 1.96. The first-order valence-corrected chi connectivity index (χ1v) is 6.30. The summed E-state index contributed by atoms with van der Waals surface area (Å²) in [5.41, 5.74) is 0. The summed E-state index contributed by atoms with van der Waals surface area (Å²) in [6, 6.07) is -0.480. The first-order chi connectivity index (χ1) is 8.10. The standard InChI is InChI=1S/C12H22N2O3/c1-4-14(5-2)12(16)9(3)13-11(15)10-7-6-8-17-10/h9-10H,4-8H2,1-3H3,(H,13,15)/t9-,10+/m1/s1. The second kappa shape index (κ2) is 6.59. The van der Waals surface area contributed by atoms with E-state index in [1.165, 1.54) is 0 Å². The van der Waals surface area contributed by atoms with E-state index in [1.807, 2.05) is 13.8 Å². The van der Waals surface area contributed by atoms with Crippen LogP contribution in [-0.2, 0) is 14.3 Å². The van der Waals surface area contributed by atoms with Crippen molar-refractivity contribution in [3.63, 3.8) is 0 Å². The first-order valence-electron chi connectivity index (χ1n) is 6.30. The van der Waals surface area contributed by atoms with Crippen LogP contribution in [0.4, 0.5) is 0 Å². The fourth-order valence-electron chi connectivity index (χ4n) is 1.96. The van der Waals surface area contributed by atoms with Gasteiger partial charge in [-0.15, -0.1) is 0 Å². The van der Waals surface area contributed by atoms with E-state index >= 15 is 0 Å². The highest BCUT2D eigenvalue weighted by Gasteiger charge is 2.27. The highest BCUT2D eigenvalue weighted by molar-refractivity contribution is 5.89. The molecule has 2 amide bonds. The van der Waals surface area contributed by atoms with Crippen molar-refractivity contribution in [1.82, 2.24) is 10.2 Å². The minimum Gasteiger partial charge on any atom is -0.368 e. The van der Waals surface area contributed by atoms with Gasteiger partial charge < -0.3 is 15.0 Å². The van der Waals surface area contributed by atoms with Gasteiger partial charge >= 0.3 is 0 Å². The summed E-state index contributed by atoms with van der Waals surface area (Å²) < 4.78 is 5.27. The molecule has 0 spiro atoms. The average Bonchev–Trinajstić information content (AvgIpc) is 2.83. The van der Waals surface area contributed by atoms with Crippen molar-refractivity contribution < 1.29 is 14.3 Å². The number of likely N-dealkylation sites (N-methyl/N-ethyl adjacent to an activating group) is 1. The molecule has 0 aromatic rings. The lowest BCUT2D eigenvalue weighted by Gasteiger charge is -2.24. The molecule has 0 saturated carbocycles. The lowest BCUT2D eigenvalue weighted by molar-refractivity contribution is -0.138. The topological polar surface area (TPSA) is 58.6 Å². The molecule has 5 nitrogen and oxygen atoms in total. The van der Waals surface area contributed by atoms with Crippen molar-refractivity contribution in [2.75, 3.05) is 19.7 Å². The maximum atomic E-state index is 11.9. The van der Waals surface area contributed by atoms with Gasteiger partial charge in [-0.2, -0.15) is 0 Å². The fraction of sp³-hybridized carbons (Fsp3) is 0.833. The number of carbonyl (C=O) groups is 2. The number of hydrogen-bond acceptors (Lipinski definition) is 3. The molecule has 1 fully saturated rings. The Bertz CT molecular complexity index is 271. The van der Waals surface area contributed by atoms with E-state index in [0.29, 0.717) is 19.7 Å². The normalized spacial score (nSPS) is 21.0. The molecule has 0 unspecified atom stereocenters. The second-order valence-electron chi connectivity index (χ2n) is 4.24. The molecule has 1 aliphatic heterocycles. The van der Waals surface area contributed by atoms with Gasteiger partial charge in [-0.1, -0.05) is 0 Å². The zero-order valence-electron chi connectivity index (χ0n) is 10.9. The molecule has 1 aliphatic rings. The SMILES string of the molecule is CCN(CC)C(=O)[C@@H](C)NC(=O)[C@@H]1CCCO1. The van der Waals surface area contributed by atoms with Crippen LogP contribution in [0.3, 0.4) is 0 Å². The highest BCUT2D eigenvalue weighted by Crippen LogP contribution is 2.12. The minimum absolute atomic E-state index is 0.0404. The molecule has 0 bridgehead atoms. The van der Waals surface area contributed by atoms with Gasteiger partial charge in [-0.3, -0.25) is 9.59 Å². The average molecular weight is 242 g/mol. The Morgan fingerprint density at radius 2 is 2.06 bits per heavy atom. The largest absolute Gasteiger partial charge is 0.368 e. The molecule has 17 heavy (non-hydrogen) atoms. The lowest BCUT2D eigenvalue weighted by Crippen LogP contribution is -2.49. The predicted molar refractivity (Wildman–Crippen MR) is 64.5 cm³/mol. The number of ether oxygens (including phenoxy) is 1. The van der Waals surface area contributed by atoms with E-state index in [9.17, 15) is 9.59 Å². The minimum atomic E-state index is -0.480. The van der Waals surface area contributed by atoms with Crippen molar-refractivity contribution in [3.8, 4) is 0 Å². The van der Waals surface area contributed by atoms with E-state index in [2.05, 4.69) is 5.32 Å². The van der Waals surface area contributed by atoms with Gasteiger partial charge in [0, 0.05) is 19.7 Å². The van der Waals surface area contributed by atoms with Crippen molar-refractivity contribution in [2.45, 2.75) is 45.8 Å². The van der Waals surface area contributed by atoms with Gasteiger partial charge in [-0.05, 0) is 33.6 Å². The van der Waals surface area contributed by atoms with E-state index in [-0.39, 0.29) is 17.9 Å². The summed E-state index contributed by atoms with van der Waals surface area (Å²) in [6.07, 6.45) is 1.29. The molecular formula is C12H22N2O3. The van der Waals surface area contributed by atoms with E-state index in [0.717, 1.165) is 12.8 Å². The van der Waals surface area contributed by atoms with Gasteiger partial charge in [-0.25, -0.2) is 0 Å². The second-order valence-corrected chi connectivity index (χ2v) is 4.24. The monoisotopic (exact) mass is 242 g/mol. The third-order valence-corrected chi connectivity index (χ3v) is 3.03. The van der Waals surface area contributed by atoms with Crippen LogP contribution < -0.4 is 5.32 Å². The Balaban J connectivity index is 2.44. The quantitative estimate of drug-likeness (QED) is 0.765. The summed E-state index contributed by atoms with van der Waals surface area (Å²) in [5.74, 6) is -0.211. The molecule has 0 radical (unpaired) electrons. The number of carbonyl (C=O) groups excluding carboxylic acids is 2. The van der Waals surface area contributed by atoms with Crippen LogP contribution >= 0.6 is 0 Å². The molecule has 2 atom stereocenters. The van der Waals surface area contributed by atoms with Crippen molar-refractivity contribution in [3.05, 3.63) is 0 Å². The molecule has 0 aromatic carbocycles. The summed E-state index contributed by atoms with van der Waals surface area (Å²) >= 11 is 0. The van der Waals surface area contributed by atoms with Crippen LogP contribution in [0.2, 0.25) is 0 Å². The summed E-state index contributed by atoms with van der Waals surface area (Å²) in [4.78, 5) is 25.4. The molecule has 0 aromatic heterocycles. The number of nitrogens with one attached hydrogen (secondary N) is 1. The van der Waals surface area contributed by atoms with Gasteiger partial charge in [0.15, 0.2) is 0 Å². The highest BCUT2D eigenvalue weighted by atomic mass is 16.5. The molecular weight excluding hydrogens is 220 g/mol. The molecule has 1 heterocycles. The maximum Gasteiger partial charge on any atom is 0.249 e. The van der Waals surface area contributed by atoms with Crippen molar-refractivity contribution in [2.24, 2.45) is 0 Å². The Morgan fingerprint density at radius 3 is 2.53 bits per heavy atom. The Hall–Kier alpha value is -1.10.